The molecule has 0 unspecified atom stereocenters. The van der Waals surface area contributed by atoms with Gasteiger partial charge >= 0.3 is 0 Å². The Bertz CT molecular complexity index is 1240. The first kappa shape index (κ1) is 24.8. The number of amides is 2. The van der Waals surface area contributed by atoms with E-state index < -0.39 is 10.0 Å². The van der Waals surface area contributed by atoms with Crippen LogP contribution in [0.3, 0.4) is 0 Å². The number of nitrogens with zero attached hydrogens (tertiary/aromatic N) is 2. The van der Waals surface area contributed by atoms with Crippen LogP contribution < -0.4 is 10.1 Å². The Hall–Kier alpha value is -2.91. The fourth-order valence-electron chi connectivity index (χ4n) is 5.56. The number of nitrogens with one attached hydrogen (secondary N) is 1. The molecular weight excluding hydrogens is 478 g/mol. The van der Waals surface area contributed by atoms with E-state index in [2.05, 4.69) is 29.6 Å². The number of sulfonamides is 1. The summed E-state index contributed by atoms with van der Waals surface area (Å²) in [4.78, 5) is 27.1. The van der Waals surface area contributed by atoms with E-state index in [1.165, 1.54) is 15.9 Å². The first-order valence-electron chi connectivity index (χ1n) is 12.7. The molecule has 5 rings (SSSR count). The van der Waals surface area contributed by atoms with Gasteiger partial charge in [0.15, 0.2) is 6.61 Å². The predicted octanol–water partition coefficient (Wildman–Crippen LogP) is 3.21. The Kier molecular flexibility index (Phi) is 7.03. The lowest BCUT2D eigenvalue weighted by atomic mass is 9.89. The maximum absolute atomic E-state index is 13.6. The molecule has 1 N–H and O–H groups in total. The summed E-state index contributed by atoms with van der Waals surface area (Å²) in [6, 6.07) is 13.6. The molecule has 3 heterocycles. The van der Waals surface area contributed by atoms with Crippen molar-refractivity contribution in [3.63, 3.8) is 0 Å². The van der Waals surface area contributed by atoms with Crippen molar-refractivity contribution in [1.29, 1.82) is 0 Å². The van der Waals surface area contributed by atoms with E-state index in [0.717, 1.165) is 32.4 Å². The molecule has 0 radical (unpaired) electrons. The molecule has 2 amide bonds. The summed E-state index contributed by atoms with van der Waals surface area (Å²) in [5.41, 5.74) is 2.35. The number of hydrogen-bond acceptors (Lipinski definition) is 5. The van der Waals surface area contributed by atoms with E-state index in [4.69, 9.17) is 4.74 Å². The predicted molar refractivity (Wildman–Crippen MR) is 136 cm³/mol. The van der Waals surface area contributed by atoms with Crippen LogP contribution in [0.4, 0.5) is 5.69 Å². The monoisotopic (exact) mass is 511 g/mol. The van der Waals surface area contributed by atoms with E-state index in [-0.39, 0.29) is 35.8 Å². The Labute approximate surface area is 212 Å². The van der Waals surface area contributed by atoms with Crippen molar-refractivity contribution in [2.45, 2.75) is 43.9 Å². The van der Waals surface area contributed by atoms with Crippen LogP contribution in [0.1, 0.15) is 36.8 Å². The second kappa shape index (κ2) is 10.2. The number of rotatable bonds is 5. The molecular formula is C27H33N3O5S. The maximum Gasteiger partial charge on any atom is 0.262 e. The summed E-state index contributed by atoms with van der Waals surface area (Å²) in [5.74, 6) is 0.397. The molecule has 9 heteroatoms. The lowest BCUT2D eigenvalue weighted by molar-refractivity contribution is -0.138. The molecule has 1 atom stereocenters. The molecule has 0 spiro atoms. The first-order chi connectivity index (χ1) is 17.3. The molecule has 0 aromatic heterocycles. The van der Waals surface area contributed by atoms with Gasteiger partial charge in [-0.25, -0.2) is 8.42 Å². The highest BCUT2D eigenvalue weighted by Gasteiger charge is 2.37. The highest BCUT2D eigenvalue weighted by Crippen LogP contribution is 2.35. The van der Waals surface area contributed by atoms with Crippen LogP contribution in [-0.2, 0) is 26.0 Å². The van der Waals surface area contributed by atoms with Gasteiger partial charge in [0.25, 0.3) is 5.91 Å². The quantitative estimate of drug-likeness (QED) is 0.665. The van der Waals surface area contributed by atoms with Crippen LogP contribution in [0.25, 0.3) is 0 Å². The molecule has 36 heavy (non-hydrogen) atoms. The minimum atomic E-state index is -3.81. The van der Waals surface area contributed by atoms with E-state index in [0.29, 0.717) is 42.3 Å². The van der Waals surface area contributed by atoms with Crippen molar-refractivity contribution in [1.82, 2.24) is 9.21 Å². The van der Waals surface area contributed by atoms with E-state index in [1.54, 1.807) is 13.0 Å². The molecule has 0 aliphatic carbocycles. The minimum Gasteiger partial charge on any atom is -0.482 e. The van der Waals surface area contributed by atoms with Gasteiger partial charge < -0.3 is 15.0 Å². The van der Waals surface area contributed by atoms with Crippen molar-refractivity contribution < 1.29 is 22.7 Å². The van der Waals surface area contributed by atoms with Crippen LogP contribution in [0.15, 0.2) is 47.4 Å². The minimum absolute atomic E-state index is 0.0706. The maximum atomic E-state index is 13.6. The Morgan fingerprint density at radius 1 is 1.08 bits per heavy atom. The molecule has 0 saturated carbocycles. The molecule has 192 valence electrons. The molecule has 3 aliphatic heterocycles. The SMILES string of the molecule is Cc1cc2c(cc1S(=O)(=O)N1CCC[C@@H](C(=O)N3CCC(Cc4ccccc4)CC3)C1)OCC(=O)N2. The van der Waals surface area contributed by atoms with E-state index >= 15 is 0 Å². The molecule has 3 aliphatic rings. The van der Waals surface area contributed by atoms with Gasteiger partial charge in [0.2, 0.25) is 15.9 Å². The Morgan fingerprint density at radius 2 is 1.83 bits per heavy atom. The van der Waals surface area contributed by atoms with Crippen molar-refractivity contribution in [3.8, 4) is 5.75 Å². The second-order valence-corrected chi connectivity index (χ2v) is 12.0. The average Bonchev–Trinajstić information content (AvgIpc) is 2.89. The van der Waals surface area contributed by atoms with Gasteiger partial charge in [-0.2, -0.15) is 4.31 Å². The topological polar surface area (TPSA) is 96.0 Å². The van der Waals surface area contributed by atoms with E-state index in [9.17, 15) is 18.0 Å². The van der Waals surface area contributed by atoms with Crippen LogP contribution in [0.5, 0.6) is 5.75 Å². The normalized spacial score (nSPS) is 21.4. The molecule has 2 aromatic carbocycles. The fourth-order valence-corrected chi connectivity index (χ4v) is 7.30. The van der Waals surface area contributed by atoms with Crippen molar-refractivity contribution in [2.24, 2.45) is 11.8 Å². The van der Waals surface area contributed by atoms with Crippen LogP contribution in [0.2, 0.25) is 0 Å². The van der Waals surface area contributed by atoms with Gasteiger partial charge in [-0.05, 0) is 62.1 Å². The van der Waals surface area contributed by atoms with Gasteiger partial charge in [0, 0.05) is 32.2 Å². The lowest BCUT2D eigenvalue weighted by Crippen LogP contribution is -2.48. The van der Waals surface area contributed by atoms with Crippen LogP contribution in [0, 0.1) is 18.8 Å². The Morgan fingerprint density at radius 3 is 2.58 bits per heavy atom. The second-order valence-electron chi connectivity index (χ2n) is 10.1. The Balaban J connectivity index is 1.23. The largest absolute Gasteiger partial charge is 0.482 e. The summed E-state index contributed by atoms with van der Waals surface area (Å²) in [5, 5.41) is 2.71. The molecule has 2 saturated heterocycles. The third kappa shape index (κ3) is 5.13. The summed E-state index contributed by atoms with van der Waals surface area (Å²) in [6.45, 7) is 3.61. The number of anilines is 1. The van der Waals surface area contributed by atoms with Gasteiger partial charge in [-0.3, -0.25) is 9.59 Å². The number of benzene rings is 2. The smallest absolute Gasteiger partial charge is 0.262 e. The number of carbonyl (C=O) groups is 2. The summed E-state index contributed by atoms with van der Waals surface area (Å²) < 4.78 is 34.0. The summed E-state index contributed by atoms with van der Waals surface area (Å²) in [6.07, 6.45) is 4.33. The molecule has 8 nitrogen and oxygen atoms in total. The van der Waals surface area contributed by atoms with Crippen molar-refractivity contribution in [2.75, 3.05) is 38.1 Å². The number of fused-ring (bicyclic) bond motifs is 1. The first-order valence-corrected chi connectivity index (χ1v) is 14.2. The number of likely N-dealkylation sites (tertiary alicyclic amines) is 1. The third-order valence-corrected chi connectivity index (χ3v) is 9.56. The number of hydrogen-bond donors (Lipinski definition) is 1. The van der Waals surface area contributed by atoms with Crippen LogP contribution in [-0.4, -0.2) is 62.2 Å². The summed E-state index contributed by atoms with van der Waals surface area (Å²) in [7, 11) is -3.81. The van der Waals surface area contributed by atoms with Crippen molar-refractivity contribution >= 4 is 27.5 Å². The number of aryl methyl sites for hydroxylation is 1. The van der Waals surface area contributed by atoms with Gasteiger partial charge in [0.05, 0.1) is 16.5 Å². The highest BCUT2D eigenvalue weighted by molar-refractivity contribution is 7.89. The highest BCUT2D eigenvalue weighted by atomic mass is 32.2. The zero-order valence-corrected chi connectivity index (χ0v) is 21.4. The molecule has 2 fully saturated rings. The summed E-state index contributed by atoms with van der Waals surface area (Å²) >= 11 is 0. The molecule has 2 aromatic rings. The van der Waals surface area contributed by atoms with Crippen molar-refractivity contribution in [3.05, 3.63) is 53.6 Å². The van der Waals surface area contributed by atoms with Gasteiger partial charge in [-0.15, -0.1) is 0 Å². The number of carbonyl (C=O) groups excluding carboxylic acids is 2. The molecule has 0 bridgehead atoms. The fraction of sp³-hybridized carbons (Fsp3) is 0.481. The lowest BCUT2D eigenvalue weighted by Gasteiger charge is -2.37. The van der Waals surface area contributed by atoms with E-state index in [1.807, 2.05) is 11.0 Å². The third-order valence-electron chi connectivity index (χ3n) is 7.55. The zero-order chi connectivity index (χ0) is 25.3. The average molecular weight is 512 g/mol. The zero-order valence-electron chi connectivity index (χ0n) is 20.6. The standard InChI is InChI=1S/C27H33N3O5S/c1-19-14-23-24(35-18-26(31)28-23)16-25(19)36(33,34)30-11-5-8-22(17-30)27(32)29-12-9-21(10-13-29)15-20-6-3-2-4-7-20/h2-4,6-7,14,16,21-22H,5,8-13,15,17-18H2,1H3,(H,28,31)/t22-/m1/s1. The number of ether oxygens (including phenoxy) is 1. The van der Waals surface area contributed by atoms with Gasteiger partial charge in [0.1, 0.15) is 5.75 Å². The number of piperidine rings is 2. The van der Waals surface area contributed by atoms with Crippen LogP contribution >= 0.6 is 0 Å². The van der Waals surface area contributed by atoms with Gasteiger partial charge in [-0.1, -0.05) is 30.3 Å².